The van der Waals surface area contributed by atoms with E-state index in [1.54, 1.807) is 6.20 Å². The first-order chi connectivity index (χ1) is 6.84. The zero-order chi connectivity index (χ0) is 9.80. The third-order valence-corrected chi connectivity index (χ3v) is 2.68. The van der Waals surface area contributed by atoms with E-state index in [4.69, 9.17) is 4.52 Å². The van der Waals surface area contributed by atoms with E-state index in [1.165, 1.54) is 19.4 Å². The Kier molecular flexibility index (Phi) is 3.16. The maximum atomic E-state index is 5.03. The third kappa shape index (κ3) is 2.56. The van der Waals surface area contributed by atoms with Crippen LogP contribution in [0.4, 0.5) is 0 Å². The van der Waals surface area contributed by atoms with Crippen LogP contribution in [0.1, 0.15) is 18.6 Å². The summed E-state index contributed by atoms with van der Waals surface area (Å²) in [4.78, 5) is 2.36. The van der Waals surface area contributed by atoms with Gasteiger partial charge in [-0.15, -0.1) is 0 Å². The summed E-state index contributed by atoms with van der Waals surface area (Å²) in [6.45, 7) is 3.15. The summed E-state index contributed by atoms with van der Waals surface area (Å²) in [5.74, 6) is 0.915. The van der Waals surface area contributed by atoms with Crippen LogP contribution in [0.15, 0.2) is 16.8 Å². The molecule has 0 saturated carbocycles. The molecule has 1 fully saturated rings. The molecule has 2 heterocycles. The molecular formula is C10H17N3O. The molecule has 78 valence electrons. The zero-order valence-electron chi connectivity index (χ0n) is 8.57. The fourth-order valence-electron chi connectivity index (χ4n) is 1.91. The standard InChI is InChI=1S/C10H17N3O/c1-13-6-2-3-9(8-13)11-7-10-4-5-12-14-10/h4-5,9,11H,2-3,6-8H2,1H3. The van der Waals surface area contributed by atoms with Crippen molar-refractivity contribution in [2.75, 3.05) is 20.1 Å². The molecule has 0 spiro atoms. The van der Waals surface area contributed by atoms with Gasteiger partial charge in [-0.2, -0.15) is 0 Å². The normalized spacial score (nSPS) is 23.9. The predicted octanol–water partition coefficient (Wildman–Crippen LogP) is 0.858. The molecule has 1 aromatic heterocycles. The minimum Gasteiger partial charge on any atom is -0.360 e. The number of nitrogens with one attached hydrogen (secondary N) is 1. The number of hydrogen-bond acceptors (Lipinski definition) is 4. The number of hydrogen-bond donors (Lipinski definition) is 1. The average Bonchev–Trinajstić information content (AvgIpc) is 2.67. The zero-order valence-corrected chi connectivity index (χ0v) is 8.57. The summed E-state index contributed by atoms with van der Waals surface area (Å²) in [5.41, 5.74) is 0. The van der Waals surface area contributed by atoms with Crippen molar-refractivity contribution in [1.29, 1.82) is 0 Å². The second-order valence-electron chi connectivity index (χ2n) is 3.96. The van der Waals surface area contributed by atoms with E-state index in [2.05, 4.69) is 22.4 Å². The van der Waals surface area contributed by atoms with Crippen LogP contribution in [0.3, 0.4) is 0 Å². The average molecular weight is 195 g/mol. The molecule has 0 radical (unpaired) electrons. The Hall–Kier alpha value is -0.870. The first kappa shape index (κ1) is 9.68. The fraction of sp³-hybridized carbons (Fsp3) is 0.700. The number of nitrogens with zero attached hydrogens (tertiary/aromatic N) is 2. The van der Waals surface area contributed by atoms with Crippen molar-refractivity contribution in [3.05, 3.63) is 18.0 Å². The number of likely N-dealkylation sites (N-methyl/N-ethyl adjacent to an activating group) is 1. The summed E-state index contributed by atoms with van der Waals surface area (Å²) in [5, 5.41) is 7.15. The molecule has 1 aliphatic rings. The highest BCUT2D eigenvalue weighted by atomic mass is 16.5. The highest BCUT2D eigenvalue weighted by Gasteiger charge is 2.16. The summed E-state index contributed by atoms with van der Waals surface area (Å²) >= 11 is 0. The lowest BCUT2D eigenvalue weighted by Crippen LogP contribution is -2.43. The molecule has 2 rings (SSSR count). The Morgan fingerprint density at radius 2 is 2.64 bits per heavy atom. The van der Waals surface area contributed by atoms with E-state index in [-0.39, 0.29) is 0 Å². The van der Waals surface area contributed by atoms with Gasteiger partial charge in [0, 0.05) is 18.7 Å². The van der Waals surface area contributed by atoms with Crippen LogP contribution < -0.4 is 5.32 Å². The second kappa shape index (κ2) is 4.57. The third-order valence-electron chi connectivity index (χ3n) is 2.68. The van der Waals surface area contributed by atoms with Gasteiger partial charge in [0.25, 0.3) is 0 Å². The van der Waals surface area contributed by atoms with E-state index in [0.717, 1.165) is 18.8 Å². The Labute approximate surface area is 84.3 Å². The van der Waals surface area contributed by atoms with Crippen molar-refractivity contribution in [3.63, 3.8) is 0 Å². The van der Waals surface area contributed by atoms with Gasteiger partial charge in [0.15, 0.2) is 0 Å². The van der Waals surface area contributed by atoms with E-state index >= 15 is 0 Å². The van der Waals surface area contributed by atoms with Crippen LogP contribution in [-0.4, -0.2) is 36.2 Å². The van der Waals surface area contributed by atoms with Gasteiger partial charge in [0.05, 0.1) is 12.7 Å². The molecule has 1 aliphatic heterocycles. The van der Waals surface area contributed by atoms with E-state index in [9.17, 15) is 0 Å². The van der Waals surface area contributed by atoms with Crippen molar-refractivity contribution >= 4 is 0 Å². The Bertz CT molecular complexity index is 260. The quantitative estimate of drug-likeness (QED) is 0.776. The summed E-state index contributed by atoms with van der Waals surface area (Å²) in [6, 6.07) is 2.50. The molecule has 1 atom stereocenters. The van der Waals surface area contributed by atoms with Gasteiger partial charge in [-0.3, -0.25) is 0 Å². The molecule has 1 saturated heterocycles. The number of likely N-dealkylation sites (tertiary alicyclic amines) is 1. The van der Waals surface area contributed by atoms with Crippen LogP contribution in [0.25, 0.3) is 0 Å². The van der Waals surface area contributed by atoms with Gasteiger partial charge >= 0.3 is 0 Å². The van der Waals surface area contributed by atoms with E-state index < -0.39 is 0 Å². The summed E-state index contributed by atoms with van der Waals surface area (Å²) in [7, 11) is 2.17. The van der Waals surface area contributed by atoms with Gasteiger partial charge in [0.1, 0.15) is 5.76 Å². The molecule has 14 heavy (non-hydrogen) atoms. The highest BCUT2D eigenvalue weighted by molar-refractivity contribution is 4.93. The number of piperidine rings is 1. The fourth-order valence-corrected chi connectivity index (χ4v) is 1.91. The van der Waals surface area contributed by atoms with Crippen LogP contribution >= 0.6 is 0 Å². The second-order valence-corrected chi connectivity index (χ2v) is 3.96. The van der Waals surface area contributed by atoms with Crippen molar-refractivity contribution < 1.29 is 4.52 Å². The molecule has 0 aromatic carbocycles. The Morgan fingerprint density at radius 3 is 3.36 bits per heavy atom. The molecule has 0 aliphatic carbocycles. The molecule has 0 amide bonds. The Balaban J connectivity index is 1.75. The van der Waals surface area contributed by atoms with Crippen molar-refractivity contribution in [2.24, 2.45) is 0 Å². The maximum Gasteiger partial charge on any atom is 0.150 e. The van der Waals surface area contributed by atoms with Crippen LogP contribution in [0, 0.1) is 0 Å². The van der Waals surface area contributed by atoms with Gasteiger partial charge < -0.3 is 14.7 Å². The maximum absolute atomic E-state index is 5.03. The lowest BCUT2D eigenvalue weighted by atomic mass is 10.1. The molecular weight excluding hydrogens is 178 g/mol. The molecule has 4 nitrogen and oxygen atoms in total. The smallest absolute Gasteiger partial charge is 0.150 e. The van der Waals surface area contributed by atoms with Gasteiger partial charge in [0.2, 0.25) is 0 Å². The van der Waals surface area contributed by atoms with Crippen molar-refractivity contribution in [3.8, 4) is 0 Å². The molecule has 1 aromatic rings. The van der Waals surface area contributed by atoms with Crippen LogP contribution in [-0.2, 0) is 6.54 Å². The first-order valence-corrected chi connectivity index (χ1v) is 5.16. The molecule has 0 bridgehead atoms. The summed E-state index contributed by atoms with van der Waals surface area (Å²) in [6.07, 6.45) is 4.23. The molecule has 1 N–H and O–H groups in total. The highest BCUT2D eigenvalue weighted by Crippen LogP contribution is 2.08. The predicted molar refractivity (Wildman–Crippen MR) is 53.9 cm³/mol. The van der Waals surface area contributed by atoms with Crippen LogP contribution in [0.2, 0.25) is 0 Å². The van der Waals surface area contributed by atoms with Gasteiger partial charge in [-0.1, -0.05) is 5.16 Å². The van der Waals surface area contributed by atoms with Gasteiger partial charge in [-0.25, -0.2) is 0 Å². The largest absolute Gasteiger partial charge is 0.360 e. The summed E-state index contributed by atoms with van der Waals surface area (Å²) < 4.78 is 5.03. The Morgan fingerprint density at radius 1 is 1.71 bits per heavy atom. The minimum absolute atomic E-state index is 0.596. The minimum atomic E-state index is 0.596. The monoisotopic (exact) mass is 195 g/mol. The number of aromatic nitrogens is 1. The lowest BCUT2D eigenvalue weighted by molar-refractivity contribution is 0.222. The van der Waals surface area contributed by atoms with Gasteiger partial charge in [-0.05, 0) is 26.4 Å². The lowest BCUT2D eigenvalue weighted by Gasteiger charge is -2.30. The van der Waals surface area contributed by atoms with Crippen molar-refractivity contribution in [2.45, 2.75) is 25.4 Å². The topological polar surface area (TPSA) is 41.3 Å². The van der Waals surface area contributed by atoms with Crippen LogP contribution in [0.5, 0.6) is 0 Å². The molecule has 1 unspecified atom stereocenters. The SMILES string of the molecule is CN1CCCC(NCc2ccno2)C1. The number of rotatable bonds is 3. The van der Waals surface area contributed by atoms with E-state index in [1.807, 2.05) is 6.07 Å². The first-order valence-electron chi connectivity index (χ1n) is 5.16. The van der Waals surface area contributed by atoms with Crippen molar-refractivity contribution in [1.82, 2.24) is 15.4 Å². The van der Waals surface area contributed by atoms with E-state index in [0.29, 0.717) is 6.04 Å². The molecule has 4 heteroatoms.